The number of rotatable bonds is 1. The summed E-state index contributed by atoms with van der Waals surface area (Å²) in [5, 5.41) is 22.0. The predicted octanol–water partition coefficient (Wildman–Crippen LogP) is 3.89. The molecule has 0 bridgehead atoms. The largest absolute Gasteiger partial charge is 0.506 e. The summed E-state index contributed by atoms with van der Waals surface area (Å²) in [5.41, 5.74) is 4.17. The minimum atomic E-state index is -0.292. The maximum absolute atomic E-state index is 11.4. The number of hydrogen-bond donors (Lipinski definition) is 1. The molecule has 0 saturated heterocycles. The lowest BCUT2D eigenvalue weighted by Crippen LogP contribution is -2.39. The van der Waals surface area contributed by atoms with Crippen LogP contribution in [0.5, 0.6) is 5.75 Å². The number of aromatic hydroxyl groups is 1. The molecule has 0 radical (unpaired) electrons. The van der Waals surface area contributed by atoms with Gasteiger partial charge in [-0.15, -0.1) is 0 Å². The number of likely N-dealkylation sites (N-methyl/N-ethyl adjacent to an activating group) is 1. The van der Waals surface area contributed by atoms with E-state index in [2.05, 4.69) is 11.9 Å². The number of fused-ring (bicyclic) bond motifs is 5. The van der Waals surface area contributed by atoms with Crippen molar-refractivity contribution in [3.8, 4) is 5.75 Å². The highest BCUT2D eigenvalue weighted by Gasteiger charge is 2.39. The van der Waals surface area contributed by atoms with Gasteiger partial charge in [0, 0.05) is 30.1 Å². The first-order valence-corrected chi connectivity index (χ1v) is 8.83. The van der Waals surface area contributed by atoms with Crippen LogP contribution in [0.15, 0.2) is 30.3 Å². The van der Waals surface area contributed by atoms with Crippen LogP contribution in [0.1, 0.15) is 34.6 Å². The zero-order valence-corrected chi connectivity index (χ0v) is 14.7. The van der Waals surface area contributed by atoms with E-state index in [1.165, 1.54) is 0 Å². The average Bonchev–Trinajstić information content (AvgIpc) is 2.72. The summed E-state index contributed by atoms with van der Waals surface area (Å²) >= 11 is 6.12. The Labute approximate surface area is 151 Å². The lowest BCUT2D eigenvalue weighted by atomic mass is 9.74. The molecule has 6 heteroatoms. The van der Waals surface area contributed by atoms with Crippen molar-refractivity contribution in [2.24, 2.45) is 0 Å². The van der Waals surface area contributed by atoms with Gasteiger partial charge in [0.25, 0.3) is 5.69 Å². The molecule has 0 spiro atoms. The minimum absolute atomic E-state index is 0.00863. The fourth-order valence-corrected chi connectivity index (χ4v) is 4.62. The number of nitrogens with zero attached hydrogens (tertiary/aromatic N) is 2. The third-order valence-electron chi connectivity index (χ3n) is 5.64. The number of phenolic OH excluding ortho intramolecular Hbond substituents is 1. The quantitative estimate of drug-likeness (QED) is 0.620. The Hall–Kier alpha value is -2.11. The van der Waals surface area contributed by atoms with Crippen LogP contribution in [0.3, 0.4) is 0 Å². The summed E-state index contributed by atoms with van der Waals surface area (Å²) in [4.78, 5) is 13.5. The van der Waals surface area contributed by atoms with Crippen LogP contribution in [-0.2, 0) is 12.8 Å². The van der Waals surface area contributed by atoms with Crippen molar-refractivity contribution in [1.29, 1.82) is 0 Å². The van der Waals surface area contributed by atoms with Crippen molar-refractivity contribution < 1.29 is 10.0 Å². The second-order valence-electron chi connectivity index (χ2n) is 6.92. The monoisotopic (exact) mass is 358 g/mol. The van der Waals surface area contributed by atoms with E-state index in [1.54, 1.807) is 18.2 Å². The summed E-state index contributed by atoms with van der Waals surface area (Å²) in [7, 11) is 2.10. The third kappa shape index (κ3) is 2.58. The molecule has 1 aliphatic heterocycles. The van der Waals surface area contributed by atoms with Crippen LogP contribution in [-0.4, -0.2) is 34.6 Å². The molecule has 0 fully saturated rings. The maximum Gasteiger partial charge on any atom is 0.272 e. The molecule has 1 N–H and O–H groups in total. The van der Waals surface area contributed by atoms with Gasteiger partial charge >= 0.3 is 0 Å². The predicted molar refractivity (Wildman–Crippen MR) is 96.5 cm³/mol. The second kappa shape index (κ2) is 6.00. The summed E-state index contributed by atoms with van der Waals surface area (Å²) < 4.78 is 0. The zero-order chi connectivity index (χ0) is 17.7. The lowest BCUT2D eigenvalue weighted by molar-refractivity contribution is -0.385. The molecule has 25 heavy (non-hydrogen) atoms. The smallest absolute Gasteiger partial charge is 0.272 e. The van der Waals surface area contributed by atoms with E-state index < -0.39 is 0 Å². The molecule has 5 nitrogen and oxygen atoms in total. The van der Waals surface area contributed by atoms with Crippen LogP contribution in [0.2, 0.25) is 5.02 Å². The summed E-state index contributed by atoms with van der Waals surface area (Å²) in [6, 6.07) is 9.19. The molecule has 2 aliphatic rings. The van der Waals surface area contributed by atoms with Crippen molar-refractivity contribution in [2.75, 3.05) is 13.6 Å². The van der Waals surface area contributed by atoms with Crippen LogP contribution in [0.25, 0.3) is 0 Å². The van der Waals surface area contributed by atoms with E-state index in [4.69, 9.17) is 11.6 Å². The molecular weight excluding hydrogens is 340 g/mol. The Morgan fingerprint density at radius 3 is 2.84 bits per heavy atom. The van der Waals surface area contributed by atoms with Gasteiger partial charge in [-0.1, -0.05) is 23.7 Å². The van der Waals surface area contributed by atoms with Crippen molar-refractivity contribution in [2.45, 2.75) is 31.2 Å². The van der Waals surface area contributed by atoms with Crippen LogP contribution >= 0.6 is 11.6 Å². The SMILES string of the molecule is CN1CCc2cc(Cl)c(O)cc2C2c3cccc([N+](=O)[O-])c3CC[C@@H]21. The first kappa shape index (κ1) is 16.4. The van der Waals surface area contributed by atoms with Gasteiger partial charge in [0.05, 0.1) is 9.95 Å². The summed E-state index contributed by atoms with van der Waals surface area (Å²) in [5.74, 6) is 0.0793. The Bertz CT molecular complexity index is 868. The molecule has 4 rings (SSSR count). The van der Waals surface area contributed by atoms with E-state index in [1.807, 2.05) is 12.1 Å². The van der Waals surface area contributed by atoms with Gasteiger partial charge in [0.1, 0.15) is 5.75 Å². The normalized spacial score (nSPS) is 22.5. The maximum atomic E-state index is 11.4. The summed E-state index contributed by atoms with van der Waals surface area (Å²) in [6.07, 6.45) is 2.41. The number of phenols is 1. The molecule has 2 aromatic carbocycles. The second-order valence-corrected chi connectivity index (χ2v) is 7.33. The highest BCUT2D eigenvalue weighted by Crippen LogP contribution is 2.46. The van der Waals surface area contributed by atoms with Gasteiger partial charge < -0.3 is 10.0 Å². The van der Waals surface area contributed by atoms with E-state index in [-0.39, 0.29) is 28.3 Å². The van der Waals surface area contributed by atoms with Crippen molar-refractivity contribution in [1.82, 2.24) is 4.90 Å². The molecule has 1 aliphatic carbocycles. The van der Waals surface area contributed by atoms with Gasteiger partial charge in [-0.05, 0) is 55.1 Å². The Balaban J connectivity index is 1.96. The molecule has 0 aromatic heterocycles. The van der Waals surface area contributed by atoms with Crippen molar-refractivity contribution in [3.05, 3.63) is 67.7 Å². The van der Waals surface area contributed by atoms with E-state index in [0.29, 0.717) is 11.4 Å². The molecule has 1 heterocycles. The minimum Gasteiger partial charge on any atom is -0.506 e. The number of halogens is 1. The van der Waals surface area contributed by atoms with Gasteiger partial charge in [-0.2, -0.15) is 0 Å². The molecular formula is C19H19ClN2O3. The summed E-state index contributed by atoms with van der Waals surface area (Å²) in [6.45, 7) is 0.902. The van der Waals surface area contributed by atoms with E-state index >= 15 is 0 Å². The highest BCUT2D eigenvalue weighted by molar-refractivity contribution is 6.32. The highest BCUT2D eigenvalue weighted by atomic mass is 35.5. The van der Waals surface area contributed by atoms with Gasteiger partial charge in [-0.25, -0.2) is 0 Å². The molecule has 0 amide bonds. The van der Waals surface area contributed by atoms with Crippen molar-refractivity contribution >= 4 is 17.3 Å². The first-order valence-electron chi connectivity index (χ1n) is 8.45. The van der Waals surface area contributed by atoms with Gasteiger partial charge in [0.15, 0.2) is 0 Å². The number of benzene rings is 2. The fourth-order valence-electron chi connectivity index (χ4n) is 4.43. The number of hydrogen-bond acceptors (Lipinski definition) is 4. The van der Waals surface area contributed by atoms with Crippen LogP contribution in [0.4, 0.5) is 5.69 Å². The molecule has 130 valence electrons. The van der Waals surface area contributed by atoms with Crippen LogP contribution < -0.4 is 0 Å². The molecule has 2 atom stereocenters. The Morgan fingerprint density at radius 2 is 2.08 bits per heavy atom. The third-order valence-corrected chi connectivity index (χ3v) is 5.94. The molecule has 1 unspecified atom stereocenters. The number of nitro benzene ring substituents is 1. The van der Waals surface area contributed by atoms with E-state index in [0.717, 1.165) is 41.6 Å². The number of nitro groups is 1. The Morgan fingerprint density at radius 1 is 1.28 bits per heavy atom. The van der Waals surface area contributed by atoms with Crippen molar-refractivity contribution in [3.63, 3.8) is 0 Å². The molecule has 2 aromatic rings. The average molecular weight is 359 g/mol. The van der Waals surface area contributed by atoms with Crippen LogP contribution in [0, 0.1) is 10.1 Å². The standard InChI is InChI=1S/C19H19ClN2O3/c1-21-8-7-11-9-15(20)18(23)10-14(11)19-13-3-2-4-16(22(24)25)12(13)5-6-17(19)21/h2-4,9-10,17,19,23H,5-8H2,1H3/t17-,19?/m0/s1. The lowest BCUT2D eigenvalue weighted by Gasteiger charge is -2.38. The Kier molecular flexibility index (Phi) is 3.93. The van der Waals surface area contributed by atoms with Gasteiger partial charge in [-0.3, -0.25) is 10.1 Å². The fraction of sp³-hybridized carbons (Fsp3) is 0.368. The first-order chi connectivity index (χ1) is 12.0. The molecule has 0 saturated carbocycles. The topological polar surface area (TPSA) is 66.6 Å². The van der Waals surface area contributed by atoms with E-state index in [9.17, 15) is 15.2 Å². The zero-order valence-electron chi connectivity index (χ0n) is 13.9. The van der Waals surface area contributed by atoms with Gasteiger partial charge in [0.2, 0.25) is 0 Å².